The number of hydrogen-bond acceptors (Lipinski definition) is 6. The molecule has 0 bridgehead atoms. The van der Waals surface area contributed by atoms with Crippen molar-refractivity contribution in [3.05, 3.63) is 17.0 Å². The summed E-state index contributed by atoms with van der Waals surface area (Å²) in [7, 11) is 1.35. The van der Waals surface area contributed by atoms with Crippen molar-refractivity contribution in [1.29, 1.82) is 0 Å². The van der Waals surface area contributed by atoms with E-state index in [-0.39, 0.29) is 5.25 Å². The van der Waals surface area contributed by atoms with E-state index in [1.165, 1.54) is 18.9 Å². The van der Waals surface area contributed by atoms with E-state index in [1.807, 2.05) is 27.7 Å². The summed E-state index contributed by atoms with van der Waals surface area (Å²) in [5, 5.41) is 0.837. The van der Waals surface area contributed by atoms with Gasteiger partial charge in [-0.15, -0.1) is 0 Å². The van der Waals surface area contributed by atoms with Crippen LogP contribution in [0, 0.1) is 20.8 Å². The van der Waals surface area contributed by atoms with E-state index < -0.39 is 11.5 Å². The molecule has 0 saturated heterocycles. The van der Waals surface area contributed by atoms with Crippen LogP contribution in [0.5, 0.6) is 0 Å². The number of carbonyl (C=O) groups is 1. The van der Waals surface area contributed by atoms with Crippen molar-refractivity contribution in [2.24, 2.45) is 5.73 Å². The minimum atomic E-state index is -0.990. The van der Waals surface area contributed by atoms with Gasteiger partial charge in [0.25, 0.3) is 0 Å². The van der Waals surface area contributed by atoms with Crippen molar-refractivity contribution >= 4 is 17.7 Å². The van der Waals surface area contributed by atoms with Crippen molar-refractivity contribution in [1.82, 2.24) is 9.97 Å². The van der Waals surface area contributed by atoms with Gasteiger partial charge in [-0.2, -0.15) is 0 Å². The van der Waals surface area contributed by atoms with E-state index in [0.29, 0.717) is 6.42 Å². The zero-order valence-corrected chi connectivity index (χ0v) is 13.8. The summed E-state index contributed by atoms with van der Waals surface area (Å²) in [6, 6.07) is 0. The van der Waals surface area contributed by atoms with E-state index in [2.05, 4.69) is 9.97 Å². The Hall–Kier alpha value is -1.14. The third-order valence-corrected chi connectivity index (χ3v) is 4.24. The molecule has 6 heteroatoms. The minimum Gasteiger partial charge on any atom is -0.468 e. The molecule has 2 unspecified atom stereocenters. The molecule has 0 aliphatic heterocycles. The molecule has 0 spiro atoms. The topological polar surface area (TPSA) is 78.1 Å². The molecule has 112 valence electrons. The molecule has 1 rings (SSSR count). The summed E-state index contributed by atoms with van der Waals surface area (Å²) in [4.78, 5) is 20.5. The fourth-order valence-electron chi connectivity index (χ4n) is 1.93. The van der Waals surface area contributed by atoms with Crippen molar-refractivity contribution in [2.45, 2.75) is 57.0 Å². The fourth-order valence-corrected chi connectivity index (χ4v) is 3.10. The number of methoxy groups -OCH3 is 1. The average molecular weight is 297 g/mol. The van der Waals surface area contributed by atoms with Crippen LogP contribution in [0.15, 0.2) is 5.16 Å². The fraction of sp³-hybridized carbons (Fsp3) is 0.643. The number of ether oxygens (including phenoxy) is 1. The summed E-state index contributed by atoms with van der Waals surface area (Å²) in [5.74, 6) is -0.401. The van der Waals surface area contributed by atoms with Gasteiger partial charge >= 0.3 is 5.97 Å². The Bertz CT molecular complexity index is 480. The van der Waals surface area contributed by atoms with Gasteiger partial charge in [0, 0.05) is 16.6 Å². The van der Waals surface area contributed by atoms with Gasteiger partial charge in [0.2, 0.25) is 0 Å². The van der Waals surface area contributed by atoms with E-state index in [4.69, 9.17) is 10.5 Å². The van der Waals surface area contributed by atoms with E-state index in [0.717, 1.165) is 22.1 Å². The number of rotatable bonds is 5. The van der Waals surface area contributed by atoms with E-state index in [1.54, 1.807) is 6.92 Å². The van der Waals surface area contributed by atoms with Crippen LogP contribution >= 0.6 is 11.8 Å². The van der Waals surface area contributed by atoms with Gasteiger partial charge in [-0.3, -0.25) is 4.79 Å². The van der Waals surface area contributed by atoms with Crippen molar-refractivity contribution in [3.8, 4) is 0 Å². The molecule has 0 aliphatic carbocycles. The van der Waals surface area contributed by atoms with Crippen LogP contribution in [0.4, 0.5) is 0 Å². The molecule has 2 N–H and O–H groups in total. The second-order valence-electron chi connectivity index (χ2n) is 5.34. The Morgan fingerprint density at radius 3 is 2.30 bits per heavy atom. The molecule has 0 radical (unpaired) electrons. The second kappa shape index (κ2) is 6.54. The van der Waals surface area contributed by atoms with Crippen LogP contribution in [-0.2, 0) is 9.53 Å². The molecule has 0 saturated carbocycles. The molecule has 0 fully saturated rings. The molecule has 0 aromatic carbocycles. The van der Waals surface area contributed by atoms with Crippen LogP contribution in [0.2, 0.25) is 0 Å². The Kier molecular flexibility index (Phi) is 5.53. The Morgan fingerprint density at radius 2 is 1.85 bits per heavy atom. The van der Waals surface area contributed by atoms with Crippen molar-refractivity contribution in [3.63, 3.8) is 0 Å². The number of aromatic nitrogens is 2. The highest BCUT2D eigenvalue weighted by molar-refractivity contribution is 7.99. The largest absolute Gasteiger partial charge is 0.468 e. The third-order valence-electron chi connectivity index (χ3n) is 3.28. The highest BCUT2D eigenvalue weighted by Crippen LogP contribution is 2.27. The highest BCUT2D eigenvalue weighted by atomic mass is 32.2. The maximum atomic E-state index is 11.6. The third kappa shape index (κ3) is 4.18. The number of hydrogen-bond donors (Lipinski definition) is 1. The minimum absolute atomic E-state index is 0.116. The van der Waals surface area contributed by atoms with Crippen LogP contribution in [0.25, 0.3) is 0 Å². The zero-order valence-electron chi connectivity index (χ0n) is 13.0. The second-order valence-corrected chi connectivity index (χ2v) is 6.75. The lowest BCUT2D eigenvalue weighted by molar-refractivity contribution is -0.146. The summed E-state index contributed by atoms with van der Waals surface area (Å²) >= 11 is 1.53. The van der Waals surface area contributed by atoms with Crippen LogP contribution in [-0.4, -0.2) is 33.8 Å². The molecule has 1 aromatic heterocycles. The van der Waals surface area contributed by atoms with Gasteiger partial charge in [-0.25, -0.2) is 9.97 Å². The first-order valence-corrected chi connectivity index (χ1v) is 7.41. The SMILES string of the molecule is COC(=O)C(C)(N)CC(C)Sc1nc(C)c(C)c(C)n1. The summed E-state index contributed by atoms with van der Waals surface area (Å²) in [6.07, 6.45) is 0.500. The average Bonchev–Trinajstić information content (AvgIpc) is 2.33. The number of nitrogens with two attached hydrogens (primary N) is 1. The highest BCUT2D eigenvalue weighted by Gasteiger charge is 2.31. The van der Waals surface area contributed by atoms with Crippen molar-refractivity contribution < 1.29 is 9.53 Å². The van der Waals surface area contributed by atoms with E-state index in [9.17, 15) is 4.79 Å². The Morgan fingerprint density at radius 1 is 1.35 bits per heavy atom. The predicted octanol–water partition coefficient (Wildman–Crippen LogP) is 2.16. The lowest BCUT2D eigenvalue weighted by Crippen LogP contribution is -2.47. The first-order chi connectivity index (χ1) is 9.17. The first-order valence-electron chi connectivity index (χ1n) is 6.53. The molecule has 0 amide bonds. The molecule has 1 aromatic rings. The molecular formula is C14H23N3O2S. The van der Waals surface area contributed by atoms with Crippen LogP contribution in [0.3, 0.4) is 0 Å². The predicted molar refractivity (Wildman–Crippen MR) is 80.8 cm³/mol. The number of carbonyl (C=O) groups excluding carboxylic acids is 1. The van der Waals surface area contributed by atoms with Crippen LogP contribution in [0.1, 0.15) is 37.2 Å². The lowest BCUT2D eigenvalue weighted by atomic mass is 9.98. The summed E-state index contributed by atoms with van der Waals surface area (Å²) in [5.41, 5.74) is 8.07. The molecule has 0 aliphatic rings. The number of aryl methyl sites for hydroxylation is 2. The standard InChI is InChI=1S/C14H23N3O2S/c1-8(7-14(5,15)12(18)19-6)20-13-16-10(3)9(2)11(4)17-13/h8H,7,15H2,1-6H3. The Balaban J connectivity index is 2.77. The normalized spacial score (nSPS) is 15.6. The number of esters is 1. The monoisotopic (exact) mass is 297 g/mol. The molecular weight excluding hydrogens is 274 g/mol. The molecule has 2 atom stereocenters. The van der Waals surface area contributed by atoms with Crippen LogP contribution < -0.4 is 5.73 Å². The Labute approximate surface area is 124 Å². The smallest absolute Gasteiger partial charge is 0.325 e. The number of nitrogens with zero attached hydrogens (tertiary/aromatic N) is 2. The number of thioether (sulfide) groups is 1. The van der Waals surface area contributed by atoms with Gasteiger partial charge in [0.05, 0.1) is 7.11 Å². The summed E-state index contributed by atoms with van der Waals surface area (Å²) < 4.78 is 4.72. The van der Waals surface area contributed by atoms with Gasteiger partial charge < -0.3 is 10.5 Å². The van der Waals surface area contributed by atoms with Gasteiger partial charge in [-0.1, -0.05) is 18.7 Å². The van der Waals surface area contributed by atoms with Gasteiger partial charge in [0.1, 0.15) is 5.54 Å². The van der Waals surface area contributed by atoms with E-state index >= 15 is 0 Å². The van der Waals surface area contributed by atoms with Crippen molar-refractivity contribution in [2.75, 3.05) is 7.11 Å². The first kappa shape index (κ1) is 16.9. The lowest BCUT2D eigenvalue weighted by Gasteiger charge is -2.24. The molecule has 1 heterocycles. The molecule has 20 heavy (non-hydrogen) atoms. The quantitative estimate of drug-likeness (QED) is 0.510. The molecule has 5 nitrogen and oxygen atoms in total. The van der Waals surface area contributed by atoms with Gasteiger partial charge in [0.15, 0.2) is 5.16 Å². The summed E-state index contributed by atoms with van der Waals surface area (Å²) in [6.45, 7) is 9.65. The maximum Gasteiger partial charge on any atom is 0.325 e. The van der Waals surface area contributed by atoms with Gasteiger partial charge in [-0.05, 0) is 39.7 Å². The maximum absolute atomic E-state index is 11.6. The zero-order chi connectivity index (χ0) is 15.5.